The number of pyridine rings is 1. The van der Waals surface area contributed by atoms with Crippen LogP contribution in [-0.4, -0.2) is 93.5 Å². The second-order valence-corrected chi connectivity index (χ2v) is 14.9. The Morgan fingerprint density at radius 3 is 2.22 bits per heavy atom. The summed E-state index contributed by atoms with van der Waals surface area (Å²) in [6.07, 6.45) is 10.0. The molecule has 50 heavy (non-hydrogen) atoms. The second kappa shape index (κ2) is 15.0. The van der Waals surface area contributed by atoms with Gasteiger partial charge in [0.05, 0.1) is 22.7 Å². The molecule has 2 N–H and O–H groups in total. The van der Waals surface area contributed by atoms with E-state index < -0.39 is 6.04 Å². The standard InChI is InChI=1S/C40H53N7O3/c1-4-28-11-10-27(24-29(28)5-2)25-35(38(48)45-20-14-31(15-21-45)30-12-18-44(3)19-13-30)42-39(49)46-22-16-32(17-23-46)47-36-26-41-34-9-7-6-8-33(34)37(36)43-40(47)50/h6-11,24,26,30-32,35H,4-5,12-23,25H2,1-3H3,(H,42,49)(H,43,50)/t35-/m1/s1. The van der Waals surface area contributed by atoms with Crippen LogP contribution in [0.3, 0.4) is 0 Å². The zero-order chi connectivity index (χ0) is 34.8. The average molecular weight is 680 g/mol. The number of rotatable bonds is 8. The van der Waals surface area contributed by atoms with E-state index in [9.17, 15) is 14.4 Å². The smallest absolute Gasteiger partial charge is 0.326 e. The molecule has 4 aromatic rings. The van der Waals surface area contributed by atoms with Crippen LogP contribution in [0.15, 0.2) is 53.5 Å². The largest absolute Gasteiger partial charge is 0.341 e. The van der Waals surface area contributed by atoms with Gasteiger partial charge in [0.2, 0.25) is 5.91 Å². The highest BCUT2D eigenvalue weighted by Crippen LogP contribution is 2.33. The first-order valence-electron chi connectivity index (χ1n) is 18.9. The zero-order valence-corrected chi connectivity index (χ0v) is 30.0. The molecule has 7 rings (SSSR count). The number of amides is 3. The number of nitrogens with one attached hydrogen (secondary N) is 2. The minimum absolute atomic E-state index is 0.0257. The molecule has 3 fully saturated rings. The number of benzene rings is 2. The number of carbonyl (C=O) groups excluding carboxylic acids is 2. The number of imidazole rings is 1. The van der Waals surface area contributed by atoms with E-state index >= 15 is 0 Å². The lowest BCUT2D eigenvalue weighted by Gasteiger charge is -2.40. The molecule has 0 aliphatic carbocycles. The minimum atomic E-state index is -0.632. The highest BCUT2D eigenvalue weighted by atomic mass is 16.2. The van der Waals surface area contributed by atoms with Gasteiger partial charge in [0.1, 0.15) is 6.04 Å². The van der Waals surface area contributed by atoms with Crippen molar-refractivity contribution in [3.8, 4) is 0 Å². The summed E-state index contributed by atoms with van der Waals surface area (Å²) in [6.45, 7) is 9.20. The summed E-state index contributed by atoms with van der Waals surface area (Å²) in [7, 11) is 2.21. The minimum Gasteiger partial charge on any atom is -0.341 e. The van der Waals surface area contributed by atoms with Crippen LogP contribution < -0.4 is 11.0 Å². The number of piperidine rings is 3. The molecule has 3 saturated heterocycles. The molecule has 0 bridgehead atoms. The van der Waals surface area contributed by atoms with Crippen LogP contribution in [0.25, 0.3) is 21.9 Å². The van der Waals surface area contributed by atoms with Crippen LogP contribution in [-0.2, 0) is 24.1 Å². The van der Waals surface area contributed by atoms with Crippen LogP contribution in [0.4, 0.5) is 4.79 Å². The first kappa shape index (κ1) is 34.3. The van der Waals surface area contributed by atoms with E-state index in [1.165, 1.54) is 37.1 Å². The topological polar surface area (TPSA) is 107 Å². The van der Waals surface area contributed by atoms with Crippen molar-refractivity contribution in [2.24, 2.45) is 11.8 Å². The number of nitrogens with zero attached hydrogens (tertiary/aromatic N) is 5. The molecule has 2 aromatic heterocycles. The van der Waals surface area contributed by atoms with Crippen molar-refractivity contribution in [2.75, 3.05) is 46.3 Å². The van der Waals surface area contributed by atoms with E-state index in [4.69, 9.17) is 0 Å². The Labute approximate surface area is 295 Å². The van der Waals surface area contributed by atoms with E-state index in [0.717, 1.165) is 72.2 Å². The molecule has 3 aliphatic heterocycles. The fraction of sp³-hybridized carbons (Fsp3) is 0.550. The van der Waals surface area contributed by atoms with Gasteiger partial charge in [0, 0.05) is 44.0 Å². The number of H-pyrrole nitrogens is 1. The molecule has 5 heterocycles. The van der Waals surface area contributed by atoms with Gasteiger partial charge < -0.3 is 25.0 Å². The second-order valence-electron chi connectivity index (χ2n) is 14.9. The quantitative estimate of drug-likeness (QED) is 0.255. The lowest BCUT2D eigenvalue weighted by Crippen LogP contribution is -2.55. The molecular weight excluding hydrogens is 626 g/mol. The molecular formula is C40H53N7O3. The molecule has 2 aromatic carbocycles. The number of para-hydroxylation sites is 1. The summed E-state index contributed by atoms with van der Waals surface area (Å²) in [4.78, 5) is 55.2. The van der Waals surface area contributed by atoms with Gasteiger partial charge in [-0.1, -0.05) is 50.2 Å². The Balaban J connectivity index is 1.03. The Bertz CT molecular complexity index is 1870. The predicted molar refractivity (Wildman–Crippen MR) is 198 cm³/mol. The van der Waals surface area contributed by atoms with Crippen molar-refractivity contribution in [1.29, 1.82) is 0 Å². The Morgan fingerprint density at radius 1 is 0.860 bits per heavy atom. The number of hydrogen-bond donors (Lipinski definition) is 2. The van der Waals surface area contributed by atoms with E-state index in [2.05, 4.69) is 59.3 Å². The van der Waals surface area contributed by atoms with Crippen LogP contribution >= 0.6 is 0 Å². The summed E-state index contributed by atoms with van der Waals surface area (Å²) in [6, 6.07) is 13.5. The highest BCUT2D eigenvalue weighted by Gasteiger charge is 2.35. The van der Waals surface area contributed by atoms with Crippen LogP contribution in [0.2, 0.25) is 0 Å². The Kier molecular flexibility index (Phi) is 10.3. The molecule has 1 atom stereocenters. The SMILES string of the molecule is CCc1ccc(C[C@@H](NC(=O)N2CCC(n3c(=O)[nH]c4c5ccccc5ncc43)CC2)C(=O)N2CCC(C3CCN(C)CC3)CC2)cc1CC. The fourth-order valence-electron chi connectivity index (χ4n) is 8.88. The van der Waals surface area contributed by atoms with E-state index in [0.29, 0.717) is 38.3 Å². The van der Waals surface area contributed by atoms with E-state index in [1.807, 2.05) is 38.6 Å². The van der Waals surface area contributed by atoms with Gasteiger partial charge in [-0.25, -0.2) is 9.59 Å². The number of fused-ring (bicyclic) bond motifs is 3. The van der Waals surface area contributed by atoms with Crippen molar-refractivity contribution in [3.63, 3.8) is 0 Å². The number of aromatic nitrogens is 3. The van der Waals surface area contributed by atoms with Crippen molar-refractivity contribution >= 4 is 33.9 Å². The van der Waals surface area contributed by atoms with Crippen LogP contribution in [0.1, 0.15) is 75.1 Å². The number of hydrogen-bond acceptors (Lipinski definition) is 5. The van der Waals surface area contributed by atoms with Gasteiger partial charge in [0.25, 0.3) is 0 Å². The number of carbonyl (C=O) groups is 2. The Morgan fingerprint density at radius 2 is 1.52 bits per heavy atom. The maximum Gasteiger partial charge on any atom is 0.326 e. The van der Waals surface area contributed by atoms with Crippen molar-refractivity contribution < 1.29 is 9.59 Å². The number of aryl methyl sites for hydroxylation is 2. The maximum absolute atomic E-state index is 14.2. The van der Waals surface area contributed by atoms with Crippen molar-refractivity contribution in [2.45, 2.75) is 83.7 Å². The third kappa shape index (κ3) is 7.04. The van der Waals surface area contributed by atoms with Gasteiger partial charge in [-0.15, -0.1) is 0 Å². The lowest BCUT2D eigenvalue weighted by molar-refractivity contribution is -0.135. The molecule has 266 valence electrons. The van der Waals surface area contributed by atoms with Crippen LogP contribution in [0, 0.1) is 11.8 Å². The maximum atomic E-state index is 14.2. The third-order valence-corrected chi connectivity index (χ3v) is 11.9. The summed E-state index contributed by atoms with van der Waals surface area (Å²) in [5.74, 6) is 1.45. The fourth-order valence-corrected chi connectivity index (χ4v) is 8.88. The summed E-state index contributed by atoms with van der Waals surface area (Å²) in [5.41, 5.74) is 6.01. The number of likely N-dealkylation sites (tertiary alicyclic amines) is 3. The molecule has 3 amide bonds. The van der Waals surface area contributed by atoms with Gasteiger partial charge in [-0.05, 0) is 106 Å². The Hall–Kier alpha value is -4.18. The molecule has 0 spiro atoms. The summed E-state index contributed by atoms with van der Waals surface area (Å²) >= 11 is 0. The molecule has 0 saturated carbocycles. The first-order valence-corrected chi connectivity index (χ1v) is 18.9. The molecule has 0 radical (unpaired) electrons. The molecule has 0 unspecified atom stereocenters. The van der Waals surface area contributed by atoms with Crippen molar-refractivity contribution in [1.82, 2.24) is 34.6 Å². The monoisotopic (exact) mass is 679 g/mol. The molecule has 10 heteroatoms. The van der Waals surface area contributed by atoms with Gasteiger partial charge >= 0.3 is 11.7 Å². The highest BCUT2D eigenvalue weighted by molar-refractivity contribution is 6.01. The molecule has 10 nitrogen and oxygen atoms in total. The first-order chi connectivity index (χ1) is 24.3. The van der Waals surface area contributed by atoms with Crippen LogP contribution in [0.5, 0.6) is 0 Å². The van der Waals surface area contributed by atoms with Crippen molar-refractivity contribution in [3.05, 3.63) is 75.8 Å². The van der Waals surface area contributed by atoms with Gasteiger partial charge in [-0.2, -0.15) is 0 Å². The number of aromatic amines is 1. The lowest BCUT2D eigenvalue weighted by atomic mass is 9.79. The average Bonchev–Trinajstić information content (AvgIpc) is 3.50. The zero-order valence-electron chi connectivity index (χ0n) is 30.0. The predicted octanol–water partition coefficient (Wildman–Crippen LogP) is 5.54. The molecule has 3 aliphatic rings. The van der Waals surface area contributed by atoms with E-state index in [-0.39, 0.29) is 23.7 Å². The van der Waals surface area contributed by atoms with E-state index in [1.54, 1.807) is 6.20 Å². The number of urea groups is 1. The van der Waals surface area contributed by atoms with Gasteiger partial charge in [-0.3, -0.25) is 14.3 Å². The van der Waals surface area contributed by atoms with Gasteiger partial charge in [0.15, 0.2) is 0 Å². The third-order valence-electron chi connectivity index (χ3n) is 11.9. The normalized spacial score (nSPS) is 19.3. The summed E-state index contributed by atoms with van der Waals surface area (Å²) < 4.78 is 1.82. The summed E-state index contributed by atoms with van der Waals surface area (Å²) in [5, 5.41) is 4.12.